The van der Waals surface area contributed by atoms with E-state index in [1.807, 2.05) is 0 Å². The summed E-state index contributed by atoms with van der Waals surface area (Å²) in [6, 6.07) is 12.0. The number of nitrogens with one attached hydrogen (secondary N) is 1. The molecule has 3 rings (SSSR count). The summed E-state index contributed by atoms with van der Waals surface area (Å²) >= 11 is 6.13. The second-order valence-electron chi connectivity index (χ2n) is 4.60. The number of anilines is 1. The van der Waals surface area contributed by atoms with Crippen molar-refractivity contribution in [1.29, 1.82) is 0 Å². The minimum atomic E-state index is -0.335. The van der Waals surface area contributed by atoms with E-state index in [1.54, 1.807) is 49.6 Å². The predicted molar refractivity (Wildman–Crippen MR) is 85.1 cm³/mol. The topological polar surface area (TPSA) is 81.9 Å². The molecular formula is C15H12ClN5O2. The minimum absolute atomic E-state index is 0.322. The van der Waals surface area contributed by atoms with Crippen molar-refractivity contribution < 1.29 is 9.53 Å². The van der Waals surface area contributed by atoms with Crippen molar-refractivity contribution in [2.75, 3.05) is 12.4 Å². The van der Waals surface area contributed by atoms with Gasteiger partial charge in [0.25, 0.3) is 5.91 Å². The van der Waals surface area contributed by atoms with E-state index in [1.165, 1.54) is 11.0 Å². The van der Waals surface area contributed by atoms with Crippen molar-refractivity contribution >= 4 is 23.2 Å². The quantitative estimate of drug-likeness (QED) is 0.795. The highest BCUT2D eigenvalue weighted by Gasteiger charge is 2.13. The molecule has 1 aromatic heterocycles. The molecule has 1 heterocycles. The minimum Gasteiger partial charge on any atom is -0.497 e. The monoisotopic (exact) mass is 329 g/mol. The molecule has 0 bridgehead atoms. The van der Waals surface area contributed by atoms with Crippen LogP contribution in [0.2, 0.25) is 5.02 Å². The van der Waals surface area contributed by atoms with Gasteiger partial charge in [-0.3, -0.25) is 4.79 Å². The van der Waals surface area contributed by atoms with E-state index in [0.29, 0.717) is 27.7 Å². The SMILES string of the molecule is COc1cccc(NC(=O)c2cc(-n3cnnn3)ccc2Cl)c1. The average Bonchev–Trinajstić information content (AvgIpc) is 3.10. The molecule has 1 amide bonds. The Morgan fingerprint density at radius 2 is 2.13 bits per heavy atom. The molecule has 0 saturated carbocycles. The fourth-order valence-corrected chi connectivity index (χ4v) is 2.21. The van der Waals surface area contributed by atoms with Crippen LogP contribution in [0.4, 0.5) is 5.69 Å². The third-order valence-electron chi connectivity index (χ3n) is 3.14. The van der Waals surface area contributed by atoms with Crippen molar-refractivity contribution in [1.82, 2.24) is 20.2 Å². The van der Waals surface area contributed by atoms with Gasteiger partial charge in [-0.25, -0.2) is 4.68 Å². The number of methoxy groups -OCH3 is 1. The van der Waals surface area contributed by atoms with Gasteiger partial charge >= 0.3 is 0 Å². The fourth-order valence-electron chi connectivity index (χ4n) is 2.01. The van der Waals surface area contributed by atoms with E-state index in [0.717, 1.165) is 0 Å². The Kier molecular flexibility index (Phi) is 4.20. The summed E-state index contributed by atoms with van der Waals surface area (Å²) in [6.45, 7) is 0. The highest BCUT2D eigenvalue weighted by molar-refractivity contribution is 6.34. The first-order valence-corrected chi connectivity index (χ1v) is 7.03. The third-order valence-corrected chi connectivity index (χ3v) is 3.47. The summed E-state index contributed by atoms with van der Waals surface area (Å²) in [4.78, 5) is 12.5. The van der Waals surface area contributed by atoms with E-state index in [-0.39, 0.29) is 5.91 Å². The van der Waals surface area contributed by atoms with Crippen LogP contribution in [0, 0.1) is 0 Å². The molecule has 7 nitrogen and oxygen atoms in total. The Balaban J connectivity index is 1.88. The van der Waals surface area contributed by atoms with E-state index < -0.39 is 0 Å². The number of amides is 1. The lowest BCUT2D eigenvalue weighted by Crippen LogP contribution is -2.13. The van der Waals surface area contributed by atoms with Gasteiger partial charge in [-0.15, -0.1) is 5.10 Å². The van der Waals surface area contributed by atoms with Crippen molar-refractivity contribution in [2.24, 2.45) is 0 Å². The van der Waals surface area contributed by atoms with E-state index in [2.05, 4.69) is 20.8 Å². The summed E-state index contributed by atoms with van der Waals surface area (Å²) in [6.07, 6.45) is 1.44. The Labute approximate surface area is 136 Å². The van der Waals surface area contributed by atoms with Crippen LogP contribution in [-0.2, 0) is 0 Å². The highest BCUT2D eigenvalue weighted by Crippen LogP contribution is 2.22. The predicted octanol–water partition coefficient (Wildman–Crippen LogP) is 2.58. The summed E-state index contributed by atoms with van der Waals surface area (Å²) in [5, 5.41) is 14.0. The molecule has 0 saturated heterocycles. The Morgan fingerprint density at radius 3 is 2.87 bits per heavy atom. The van der Waals surface area contributed by atoms with Crippen LogP contribution < -0.4 is 10.1 Å². The van der Waals surface area contributed by atoms with Crippen LogP contribution in [0.1, 0.15) is 10.4 Å². The van der Waals surface area contributed by atoms with Gasteiger partial charge in [0.05, 0.1) is 23.4 Å². The van der Waals surface area contributed by atoms with Crippen LogP contribution in [0.15, 0.2) is 48.8 Å². The van der Waals surface area contributed by atoms with E-state index in [9.17, 15) is 4.79 Å². The number of aromatic nitrogens is 4. The summed E-state index contributed by atoms with van der Waals surface area (Å²) in [5.41, 5.74) is 1.57. The van der Waals surface area contributed by atoms with Gasteiger partial charge in [-0.1, -0.05) is 17.7 Å². The maximum Gasteiger partial charge on any atom is 0.257 e. The molecule has 3 aromatic rings. The number of benzene rings is 2. The largest absolute Gasteiger partial charge is 0.497 e. The van der Waals surface area contributed by atoms with Gasteiger partial charge in [0.1, 0.15) is 12.1 Å². The van der Waals surface area contributed by atoms with Gasteiger partial charge in [0, 0.05) is 11.8 Å². The number of nitrogens with zero attached hydrogens (tertiary/aromatic N) is 4. The number of tetrazole rings is 1. The zero-order valence-corrected chi connectivity index (χ0v) is 12.9. The number of hydrogen-bond donors (Lipinski definition) is 1. The van der Waals surface area contributed by atoms with Gasteiger partial charge < -0.3 is 10.1 Å². The molecule has 0 radical (unpaired) electrons. The molecule has 1 N–H and O–H groups in total. The van der Waals surface area contributed by atoms with Crippen LogP contribution in [0.5, 0.6) is 5.75 Å². The lowest BCUT2D eigenvalue weighted by Gasteiger charge is -2.09. The maximum absolute atomic E-state index is 12.5. The van der Waals surface area contributed by atoms with Gasteiger partial charge in [0.2, 0.25) is 0 Å². The lowest BCUT2D eigenvalue weighted by molar-refractivity contribution is 0.102. The van der Waals surface area contributed by atoms with Gasteiger partial charge in [-0.05, 0) is 40.8 Å². The number of halogens is 1. The first-order chi connectivity index (χ1) is 11.2. The Morgan fingerprint density at radius 1 is 1.26 bits per heavy atom. The fraction of sp³-hybridized carbons (Fsp3) is 0.0667. The molecule has 0 atom stereocenters. The number of rotatable bonds is 4. The number of carbonyl (C=O) groups is 1. The van der Waals surface area contributed by atoms with E-state index >= 15 is 0 Å². The molecule has 0 aliphatic carbocycles. The second kappa shape index (κ2) is 6.45. The second-order valence-corrected chi connectivity index (χ2v) is 5.01. The molecule has 2 aromatic carbocycles. The van der Waals surface area contributed by atoms with Crippen LogP contribution >= 0.6 is 11.6 Å². The molecule has 0 spiro atoms. The van der Waals surface area contributed by atoms with Crippen LogP contribution in [0.25, 0.3) is 5.69 Å². The smallest absolute Gasteiger partial charge is 0.257 e. The van der Waals surface area contributed by atoms with Crippen molar-refractivity contribution in [3.63, 3.8) is 0 Å². The number of ether oxygens (including phenoxy) is 1. The molecule has 0 fully saturated rings. The van der Waals surface area contributed by atoms with Crippen molar-refractivity contribution in [3.8, 4) is 11.4 Å². The normalized spacial score (nSPS) is 10.3. The maximum atomic E-state index is 12.5. The third kappa shape index (κ3) is 3.29. The van der Waals surface area contributed by atoms with Crippen LogP contribution in [0.3, 0.4) is 0 Å². The highest BCUT2D eigenvalue weighted by atomic mass is 35.5. The average molecular weight is 330 g/mol. The lowest BCUT2D eigenvalue weighted by atomic mass is 10.1. The van der Waals surface area contributed by atoms with Gasteiger partial charge in [0.15, 0.2) is 0 Å². The first-order valence-electron chi connectivity index (χ1n) is 6.65. The summed E-state index contributed by atoms with van der Waals surface area (Å²) in [7, 11) is 1.56. The zero-order chi connectivity index (χ0) is 16.2. The molecule has 8 heteroatoms. The van der Waals surface area contributed by atoms with Gasteiger partial charge in [-0.2, -0.15) is 0 Å². The molecule has 0 unspecified atom stereocenters. The Bertz CT molecular complexity index is 836. The molecule has 0 aliphatic rings. The Hall–Kier alpha value is -2.93. The van der Waals surface area contributed by atoms with Crippen molar-refractivity contribution in [2.45, 2.75) is 0 Å². The summed E-state index contributed by atoms with van der Waals surface area (Å²) in [5.74, 6) is 0.314. The standard InChI is InChI=1S/C15H12ClN5O2/c1-23-12-4-2-3-10(7-12)18-15(22)13-8-11(5-6-14(13)16)21-9-17-19-20-21/h2-9H,1H3,(H,18,22). The van der Waals surface area contributed by atoms with Crippen LogP contribution in [-0.4, -0.2) is 33.2 Å². The molecule has 23 heavy (non-hydrogen) atoms. The molecular weight excluding hydrogens is 318 g/mol. The number of carbonyl (C=O) groups excluding carboxylic acids is 1. The molecule has 0 aliphatic heterocycles. The summed E-state index contributed by atoms with van der Waals surface area (Å²) < 4.78 is 6.57. The van der Waals surface area contributed by atoms with E-state index in [4.69, 9.17) is 16.3 Å². The zero-order valence-electron chi connectivity index (χ0n) is 12.1. The van der Waals surface area contributed by atoms with Crippen molar-refractivity contribution in [3.05, 3.63) is 59.4 Å². The molecule has 116 valence electrons. The first kappa shape index (κ1) is 15.0. The number of hydrogen-bond acceptors (Lipinski definition) is 5.